The number of hydrogen-bond donors (Lipinski definition) is 1. The first kappa shape index (κ1) is 20.0. The van der Waals surface area contributed by atoms with Crippen LogP contribution in [0.1, 0.15) is 23.9 Å². The highest BCUT2D eigenvalue weighted by Gasteiger charge is 2.18. The molecule has 0 atom stereocenters. The highest BCUT2D eigenvalue weighted by atomic mass is 35.5. The van der Waals surface area contributed by atoms with E-state index in [9.17, 15) is 9.59 Å². The summed E-state index contributed by atoms with van der Waals surface area (Å²) < 4.78 is 0. The third-order valence-electron chi connectivity index (χ3n) is 3.93. The van der Waals surface area contributed by atoms with E-state index in [2.05, 4.69) is 15.3 Å². The predicted molar refractivity (Wildman–Crippen MR) is 112 cm³/mol. The van der Waals surface area contributed by atoms with Gasteiger partial charge in [-0.3, -0.25) is 9.59 Å². The Morgan fingerprint density at radius 2 is 1.93 bits per heavy atom. The molecule has 0 aliphatic carbocycles. The van der Waals surface area contributed by atoms with Crippen LogP contribution in [-0.2, 0) is 22.6 Å². The van der Waals surface area contributed by atoms with Crippen molar-refractivity contribution in [2.24, 2.45) is 0 Å². The first-order valence-electron chi connectivity index (χ1n) is 8.60. The van der Waals surface area contributed by atoms with Gasteiger partial charge < -0.3 is 10.2 Å². The predicted octanol–water partition coefficient (Wildman–Crippen LogP) is 4.23. The molecule has 3 aromatic rings. The normalized spacial score (nSPS) is 10.5. The van der Waals surface area contributed by atoms with Gasteiger partial charge in [-0.1, -0.05) is 0 Å². The van der Waals surface area contributed by atoms with E-state index in [0.717, 1.165) is 11.3 Å². The largest absolute Gasteiger partial charge is 0.326 e. The Hall–Kier alpha value is -2.77. The number of halogens is 1. The number of anilines is 2. The molecule has 28 heavy (non-hydrogen) atoms. The van der Waals surface area contributed by atoms with Crippen molar-refractivity contribution in [3.05, 3.63) is 69.4 Å². The van der Waals surface area contributed by atoms with Crippen LogP contribution < -0.4 is 10.2 Å². The molecule has 0 aliphatic rings. The summed E-state index contributed by atoms with van der Waals surface area (Å²) in [7, 11) is 0. The molecular formula is C20H19ClN4O2S. The van der Waals surface area contributed by atoms with Crippen LogP contribution in [0.4, 0.5) is 11.4 Å². The van der Waals surface area contributed by atoms with E-state index in [1.54, 1.807) is 34.4 Å². The van der Waals surface area contributed by atoms with Crippen LogP contribution >= 0.6 is 22.9 Å². The fraction of sp³-hybridized carbons (Fsp3) is 0.200. The Bertz CT molecular complexity index is 954. The molecule has 1 N–H and O–H groups in total. The van der Waals surface area contributed by atoms with Gasteiger partial charge in [-0.25, -0.2) is 9.97 Å². The maximum atomic E-state index is 13.1. The molecule has 0 saturated carbocycles. The number of carbonyl (C=O) groups is 2. The number of hydrogen-bond acceptors (Lipinski definition) is 5. The maximum absolute atomic E-state index is 13.1. The molecule has 0 saturated heterocycles. The standard InChI is InChI=1S/C20H19ClN4O2S/c1-13-9-17(24-20(21)22-13)10-19(27)25(11-15-7-8-28-12-15)18-5-3-16(4-6-18)23-14(2)26/h3-9,12H,10-11H2,1-2H3,(H,23,26). The minimum atomic E-state index is -0.144. The highest BCUT2D eigenvalue weighted by Crippen LogP contribution is 2.22. The molecule has 6 nitrogen and oxygen atoms in total. The van der Waals surface area contributed by atoms with Crippen molar-refractivity contribution in [2.75, 3.05) is 10.2 Å². The minimum Gasteiger partial charge on any atom is -0.326 e. The van der Waals surface area contributed by atoms with Gasteiger partial charge in [0.25, 0.3) is 0 Å². The first-order chi connectivity index (χ1) is 13.4. The zero-order chi connectivity index (χ0) is 20.1. The Morgan fingerprint density at radius 3 is 2.54 bits per heavy atom. The van der Waals surface area contributed by atoms with Crippen molar-refractivity contribution >= 4 is 46.1 Å². The first-order valence-corrected chi connectivity index (χ1v) is 9.92. The lowest BCUT2D eigenvalue weighted by Crippen LogP contribution is -2.32. The summed E-state index contributed by atoms with van der Waals surface area (Å²) in [5.41, 5.74) is 3.75. The summed E-state index contributed by atoms with van der Waals surface area (Å²) in [5, 5.41) is 6.85. The molecule has 0 spiro atoms. The van der Waals surface area contributed by atoms with Crippen LogP contribution in [0.25, 0.3) is 0 Å². The summed E-state index contributed by atoms with van der Waals surface area (Å²) in [6, 6.07) is 10.9. The van der Waals surface area contributed by atoms with Crippen LogP contribution in [0.3, 0.4) is 0 Å². The van der Waals surface area contributed by atoms with Crippen molar-refractivity contribution in [2.45, 2.75) is 26.8 Å². The van der Waals surface area contributed by atoms with Gasteiger partial charge in [-0.15, -0.1) is 0 Å². The number of aryl methyl sites for hydroxylation is 1. The Balaban J connectivity index is 1.85. The molecule has 1 aromatic carbocycles. The van der Waals surface area contributed by atoms with E-state index in [-0.39, 0.29) is 23.5 Å². The van der Waals surface area contributed by atoms with Gasteiger partial charge in [-0.05, 0) is 71.2 Å². The van der Waals surface area contributed by atoms with E-state index in [1.807, 2.05) is 35.9 Å². The highest BCUT2D eigenvalue weighted by molar-refractivity contribution is 7.07. The topological polar surface area (TPSA) is 75.2 Å². The summed E-state index contributed by atoms with van der Waals surface area (Å²) in [6.07, 6.45) is 0.112. The second-order valence-corrected chi connectivity index (χ2v) is 7.40. The van der Waals surface area contributed by atoms with Gasteiger partial charge in [0.2, 0.25) is 17.1 Å². The van der Waals surface area contributed by atoms with E-state index in [4.69, 9.17) is 11.6 Å². The number of aromatic nitrogens is 2. The second kappa shape index (κ2) is 8.95. The summed E-state index contributed by atoms with van der Waals surface area (Å²) in [5.74, 6) is -0.248. The van der Waals surface area contributed by atoms with Crippen molar-refractivity contribution in [3.8, 4) is 0 Å². The van der Waals surface area contributed by atoms with Gasteiger partial charge in [-0.2, -0.15) is 11.3 Å². The van der Waals surface area contributed by atoms with E-state index >= 15 is 0 Å². The average molecular weight is 415 g/mol. The van der Waals surface area contributed by atoms with Crippen LogP contribution in [0.2, 0.25) is 5.28 Å². The fourth-order valence-electron chi connectivity index (χ4n) is 2.75. The van der Waals surface area contributed by atoms with Crippen LogP contribution in [-0.4, -0.2) is 21.8 Å². The molecule has 0 fully saturated rings. The van der Waals surface area contributed by atoms with Crippen molar-refractivity contribution in [3.63, 3.8) is 0 Å². The number of carbonyl (C=O) groups excluding carboxylic acids is 2. The molecule has 0 bridgehead atoms. The van der Waals surface area contributed by atoms with Gasteiger partial charge in [0, 0.05) is 24.0 Å². The Morgan fingerprint density at radius 1 is 1.18 bits per heavy atom. The molecule has 3 rings (SSSR count). The zero-order valence-corrected chi connectivity index (χ0v) is 17.0. The average Bonchev–Trinajstić information content (AvgIpc) is 3.12. The molecule has 0 unspecified atom stereocenters. The number of nitrogens with zero attached hydrogens (tertiary/aromatic N) is 3. The monoisotopic (exact) mass is 414 g/mol. The van der Waals surface area contributed by atoms with Gasteiger partial charge in [0.05, 0.1) is 18.7 Å². The zero-order valence-electron chi connectivity index (χ0n) is 15.5. The molecule has 0 radical (unpaired) electrons. The lowest BCUT2D eigenvalue weighted by molar-refractivity contribution is -0.118. The number of thiophene rings is 1. The van der Waals surface area contributed by atoms with Crippen molar-refractivity contribution in [1.82, 2.24) is 9.97 Å². The summed E-state index contributed by atoms with van der Waals surface area (Å²) >= 11 is 7.51. The molecule has 144 valence electrons. The van der Waals surface area contributed by atoms with E-state index in [1.165, 1.54) is 6.92 Å². The van der Waals surface area contributed by atoms with Crippen LogP contribution in [0.15, 0.2) is 47.2 Å². The lowest BCUT2D eigenvalue weighted by Gasteiger charge is -2.23. The van der Waals surface area contributed by atoms with Crippen LogP contribution in [0, 0.1) is 6.92 Å². The van der Waals surface area contributed by atoms with Gasteiger partial charge in [0.1, 0.15) is 0 Å². The van der Waals surface area contributed by atoms with Crippen molar-refractivity contribution < 1.29 is 9.59 Å². The second-order valence-electron chi connectivity index (χ2n) is 6.29. The van der Waals surface area contributed by atoms with Crippen LogP contribution in [0.5, 0.6) is 0 Å². The lowest BCUT2D eigenvalue weighted by atomic mass is 10.2. The quantitative estimate of drug-likeness (QED) is 0.612. The molecule has 0 aliphatic heterocycles. The SMILES string of the molecule is CC(=O)Nc1ccc(N(Cc2ccsc2)C(=O)Cc2cc(C)nc(Cl)n2)cc1. The molecule has 2 heterocycles. The number of benzene rings is 1. The third kappa shape index (κ3) is 5.37. The molecule has 2 amide bonds. The van der Waals surface area contributed by atoms with Gasteiger partial charge in [0.15, 0.2) is 0 Å². The number of nitrogens with one attached hydrogen (secondary N) is 1. The summed E-state index contributed by atoms with van der Waals surface area (Å²) in [4.78, 5) is 34.2. The summed E-state index contributed by atoms with van der Waals surface area (Å²) in [6.45, 7) is 3.71. The third-order valence-corrected chi connectivity index (χ3v) is 4.83. The number of rotatable bonds is 6. The van der Waals surface area contributed by atoms with Gasteiger partial charge >= 0.3 is 0 Å². The molecular weight excluding hydrogens is 396 g/mol. The Kier molecular flexibility index (Phi) is 6.38. The number of amides is 2. The smallest absolute Gasteiger partial charge is 0.233 e. The molecule has 8 heteroatoms. The molecule has 2 aromatic heterocycles. The van der Waals surface area contributed by atoms with E-state index < -0.39 is 0 Å². The maximum Gasteiger partial charge on any atom is 0.233 e. The van der Waals surface area contributed by atoms with E-state index in [0.29, 0.717) is 23.6 Å². The fourth-order valence-corrected chi connectivity index (χ4v) is 3.65. The Labute approximate surface area is 172 Å². The van der Waals surface area contributed by atoms with Crippen molar-refractivity contribution in [1.29, 1.82) is 0 Å². The minimum absolute atomic E-state index is 0.104.